The van der Waals surface area contributed by atoms with Gasteiger partial charge in [0.2, 0.25) is 5.91 Å². The molecule has 2 rings (SSSR count). The molecule has 0 N–H and O–H groups in total. The van der Waals surface area contributed by atoms with Gasteiger partial charge in [-0.2, -0.15) is 0 Å². The molecule has 0 spiro atoms. The Hall–Kier alpha value is -0.770. The Morgan fingerprint density at radius 2 is 2.33 bits per heavy atom. The van der Waals surface area contributed by atoms with Crippen LogP contribution in [-0.4, -0.2) is 17.9 Å². The molecule has 0 aliphatic heterocycles. The first-order chi connectivity index (χ1) is 7.16. The minimum absolute atomic E-state index is 0.244. The summed E-state index contributed by atoms with van der Waals surface area (Å²) in [6, 6.07) is 3.73. The van der Waals surface area contributed by atoms with Crippen LogP contribution in [-0.2, 0) is 11.3 Å². The third kappa shape index (κ3) is 2.43. The summed E-state index contributed by atoms with van der Waals surface area (Å²) in [7, 11) is 1.83. The number of carbonyl (C=O) groups excluding carboxylic acids is 1. The molecule has 1 amide bonds. The molecule has 1 aromatic rings. The number of halogens is 1. The molecule has 4 heteroatoms. The molecule has 0 unspecified atom stereocenters. The summed E-state index contributed by atoms with van der Waals surface area (Å²) < 4.78 is 6.07. The number of rotatable bonds is 3. The van der Waals surface area contributed by atoms with Gasteiger partial charge in [0.15, 0.2) is 4.67 Å². The molecular weight excluding hydrogens is 258 g/mol. The van der Waals surface area contributed by atoms with Crippen LogP contribution in [0.3, 0.4) is 0 Å². The molecule has 1 aliphatic rings. The van der Waals surface area contributed by atoms with Gasteiger partial charge in [-0.05, 0) is 40.9 Å². The lowest BCUT2D eigenvalue weighted by Crippen LogP contribution is -2.35. The minimum Gasteiger partial charge on any atom is -0.452 e. The number of amides is 1. The maximum absolute atomic E-state index is 11.8. The lowest BCUT2D eigenvalue weighted by molar-refractivity contribution is -0.137. The molecule has 82 valence electrons. The lowest BCUT2D eigenvalue weighted by atomic mass is 9.84. The van der Waals surface area contributed by atoms with Crippen molar-refractivity contribution in [3.05, 3.63) is 22.6 Å². The second-order valence-corrected chi connectivity index (χ2v) is 4.81. The van der Waals surface area contributed by atoms with E-state index in [9.17, 15) is 4.79 Å². The first-order valence-corrected chi connectivity index (χ1v) is 5.95. The molecular formula is C11H14BrNO2. The van der Waals surface area contributed by atoms with Crippen molar-refractivity contribution >= 4 is 21.8 Å². The maximum atomic E-state index is 11.8. The van der Waals surface area contributed by atoms with Crippen molar-refractivity contribution in [2.45, 2.75) is 25.8 Å². The first-order valence-electron chi connectivity index (χ1n) is 5.16. The van der Waals surface area contributed by atoms with Gasteiger partial charge in [-0.15, -0.1) is 0 Å². The van der Waals surface area contributed by atoms with E-state index in [-0.39, 0.29) is 11.8 Å². The number of nitrogens with zero attached hydrogens (tertiary/aromatic N) is 1. The van der Waals surface area contributed by atoms with Crippen molar-refractivity contribution < 1.29 is 9.21 Å². The van der Waals surface area contributed by atoms with E-state index in [4.69, 9.17) is 4.42 Å². The Balaban J connectivity index is 1.91. The number of hydrogen-bond donors (Lipinski definition) is 0. The molecule has 0 radical (unpaired) electrons. The van der Waals surface area contributed by atoms with Gasteiger partial charge in [0.05, 0.1) is 6.54 Å². The molecule has 1 saturated carbocycles. The SMILES string of the molecule is CN(Cc1ccc(Br)o1)C(=O)C1CCC1. The van der Waals surface area contributed by atoms with E-state index in [2.05, 4.69) is 15.9 Å². The monoisotopic (exact) mass is 271 g/mol. The van der Waals surface area contributed by atoms with Crippen molar-refractivity contribution in [1.29, 1.82) is 0 Å². The molecule has 0 bridgehead atoms. The normalized spacial score (nSPS) is 16.1. The maximum Gasteiger partial charge on any atom is 0.225 e. The fourth-order valence-electron chi connectivity index (χ4n) is 1.72. The summed E-state index contributed by atoms with van der Waals surface area (Å²) in [6.45, 7) is 0.556. The Morgan fingerprint density at radius 1 is 1.60 bits per heavy atom. The average molecular weight is 272 g/mol. The van der Waals surface area contributed by atoms with Crippen LogP contribution in [0.1, 0.15) is 25.0 Å². The van der Waals surface area contributed by atoms with Crippen LogP contribution in [0.2, 0.25) is 0 Å². The largest absolute Gasteiger partial charge is 0.452 e. The van der Waals surface area contributed by atoms with Gasteiger partial charge < -0.3 is 9.32 Å². The topological polar surface area (TPSA) is 33.5 Å². The zero-order chi connectivity index (χ0) is 10.8. The van der Waals surface area contributed by atoms with E-state index in [0.29, 0.717) is 11.2 Å². The number of hydrogen-bond acceptors (Lipinski definition) is 2. The highest BCUT2D eigenvalue weighted by atomic mass is 79.9. The van der Waals surface area contributed by atoms with Crippen LogP contribution >= 0.6 is 15.9 Å². The quantitative estimate of drug-likeness (QED) is 0.847. The summed E-state index contributed by atoms with van der Waals surface area (Å²) in [5, 5.41) is 0. The Bertz CT molecular complexity index is 357. The lowest BCUT2D eigenvalue weighted by Gasteiger charge is -2.28. The van der Waals surface area contributed by atoms with Crippen LogP contribution in [0.4, 0.5) is 0 Å². The smallest absolute Gasteiger partial charge is 0.225 e. The van der Waals surface area contributed by atoms with Crippen LogP contribution in [0.5, 0.6) is 0 Å². The summed E-state index contributed by atoms with van der Waals surface area (Å²) in [5.74, 6) is 1.32. The highest BCUT2D eigenvalue weighted by Crippen LogP contribution is 2.28. The predicted octanol–water partition coefficient (Wildman–Crippen LogP) is 2.80. The molecule has 0 saturated heterocycles. The molecule has 3 nitrogen and oxygen atoms in total. The highest BCUT2D eigenvalue weighted by molar-refractivity contribution is 9.10. The standard InChI is InChI=1S/C11H14BrNO2/c1-13(11(14)8-3-2-4-8)7-9-5-6-10(12)15-9/h5-6,8H,2-4,7H2,1H3. The van der Waals surface area contributed by atoms with Crippen molar-refractivity contribution in [1.82, 2.24) is 4.90 Å². The minimum atomic E-state index is 0.244. The van der Waals surface area contributed by atoms with Crippen molar-refractivity contribution in [2.75, 3.05) is 7.05 Å². The molecule has 1 fully saturated rings. The van der Waals surface area contributed by atoms with Gasteiger partial charge in [-0.3, -0.25) is 4.79 Å². The third-order valence-corrected chi connectivity index (χ3v) is 3.28. The Labute approximate surface area is 97.6 Å². The Morgan fingerprint density at radius 3 is 2.80 bits per heavy atom. The molecule has 1 heterocycles. The van der Waals surface area contributed by atoms with Gasteiger partial charge in [-0.1, -0.05) is 6.42 Å². The zero-order valence-corrected chi connectivity index (χ0v) is 10.3. The van der Waals surface area contributed by atoms with E-state index < -0.39 is 0 Å². The summed E-state index contributed by atoms with van der Waals surface area (Å²) in [6.07, 6.45) is 3.28. The van der Waals surface area contributed by atoms with Gasteiger partial charge in [0.1, 0.15) is 5.76 Å². The van der Waals surface area contributed by atoms with E-state index in [0.717, 1.165) is 18.6 Å². The van der Waals surface area contributed by atoms with Gasteiger partial charge in [0.25, 0.3) is 0 Å². The van der Waals surface area contributed by atoms with E-state index in [1.807, 2.05) is 19.2 Å². The summed E-state index contributed by atoms with van der Waals surface area (Å²) >= 11 is 3.24. The van der Waals surface area contributed by atoms with Crippen molar-refractivity contribution in [3.8, 4) is 0 Å². The predicted molar refractivity (Wildman–Crippen MR) is 60.2 cm³/mol. The molecule has 15 heavy (non-hydrogen) atoms. The van der Waals surface area contributed by atoms with Crippen LogP contribution < -0.4 is 0 Å². The fraction of sp³-hybridized carbons (Fsp3) is 0.545. The molecule has 1 aliphatic carbocycles. The summed E-state index contributed by atoms with van der Waals surface area (Å²) in [5.41, 5.74) is 0. The third-order valence-electron chi connectivity index (χ3n) is 2.85. The van der Waals surface area contributed by atoms with E-state index in [1.165, 1.54) is 6.42 Å². The molecule has 1 aromatic heterocycles. The first kappa shape index (κ1) is 10.7. The highest BCUT2D eigenvalue weighted by Gasteiger charge is 2.27. The van der Waals surface area contributed by atoms with Crippen LogP contribution in [0.25, 0.3) is 0 Å². The van der Waals surface area contributed by atoms with Crippen LogP contribution in [0.15, 0.2) is 21.2 Å². The second-order valence-electron chi connectivity index (χ2n) is 4.03. The molecule has 0 aromatic carbocycles. The summed E-state index contributed by atoms with van der Waals surface area (Å²) in [4.78, 5) is 13.6. The van der Waals surface area contributed by atoms with Gasteiger partial charge in [-0.25, -0.2) is 0 Å². The Kier molecular flexibility index (Phi) is 3.14. The zero-order valence-electron chi connectivity index (χ0n) is 8.70. The van der Waals surface area contributed by atoms with Gasteiger partial charge >= 0.3 is 0 Å². The van der Waals surface area contributed by atoms with Crippen LogP contribution in [0, 0.1) is 5.92 Å². The fourth-order valence-corrected chi connectivity index (χ4v) is 2.06. The number of carbonyl (C=O) groups is 1. The van der Waals surface area contributed by atoms with Gasteiger partial charge in [0, 0.05) is 13.0 Å². The number of furan rings is 1. The molecule has 0 atom stereocenters. The second kappa shape index (κ2) is 4.39. The van der Waals surface area contributed by atoms with Crippen molar-refractivity contribution in [3.63, 3.8) is 0 Å². The van der Waals surface area contributed by atoms with E-state index in [1.54, 1.807) is 4.90 Å². The van der Waals surface area contributed by atoms with E-state index >= 15 is 0 Å². The van der Waals surface area contributed by atoms with Crippen molar-refractivity contribution in [2.24, 2.45) is 5.92 Å². The average Bonchev–Trinajstić information content (AvgIpc) is 2.48.